The molecule has 1 fully saturated rings. The number of fused-ring (bicyclic) bond motifs is 1. The van der Waals surface area contributed by atoms with E-state index < -0.39 is 41.2 Å². The molecule has 39 heavy (non-hydrogen) atoms. The van der Waals surface area contributed by atoms with Gasteiger partial charge < -0.3 is 23.7 Å². The molecule has 0 radical (unpaired) electrons. The van der Waals surface area contributed by atoms with E-state index in [2.05, 4.69) is 20.8 Å². The highest BCUT2D eigenvalue weighted by Crippen LogP contribution is 2.43. The predicted octanol–water partition coefficient (Wildman–Crippen LogP) is 4.72. The van der Waals surface area contributed by atoms with Crippen molar-refractivity contribution in [1.29, 1.82) is 0 Å². The smallest absolute Gasteiger partial charge is 0.422 e. The van der Waals surface area contributed by atoms with Gasteiger partial charge >= 0.3 is 12.1 Å². The van der Waals surface area contributed by atoms with Crippen LogP contribution in [0, 0.1) is 5.92 Å². The molecular weight excluding hydrogens is 521 g/mol. The number of hydroxylamine groups is 1. The van der Waals surface area contributed by atoms with Crippen molar-refractivity contribution in [2.45, 2.75) is 37.6 Å². The summed E-state index contributed by atoms with van der Waals surface area (Å²) >= 11 is 0. The fourth-order valence-corrected chi connectivity index (χ4v) is 4.41. The Kier molecular flexibility index (Phi) is 6.31. The second-order valence-corrected chi connectivity index (χ2v) is 9.30. The summed E-state index contributed by atoms with van der Waals surface area (Å²) in [6, 6.07) is 11.8. The Morgan fingerprint density at radius 3 is 2.56 bits per heavy atom. The van der Waals surface area contributed by atoms with Gasteiger partial charge in [-0.3, -0.25) is 4.79 Å². The van der Waals surface area contributed by atoms with Gasteiger partial charge in [0.1, 0.15) is 35.8 Å². The molecule has 13 heteroatoms. The first-order valence-corrected chi connectivity index (χ1v) is 12.2. The summed E-state index contributed by atoms with van der Waals surface area (Å²) in [6.45, 7) is 0.00231. The minimum atomic E-state index is -4.80. The molecule has 10 nitrogen and oxygen atoms in total. The normalized spacial score (nSPS) is 19.2. The van der Waals surface area contributed by atoms with E-state index in [1.807, 2.05) is 0 Å². The van der Waals surface area contributed by atoms with Crippen LogP contribution in [0.5, 0.6) is 5.75 Å². The molecule has 3 heterocycles. The molecule has 0 spiro atoms. The van der Waals surface area contributed by atoms with Gasteiger partial charge in [-0.25, -0.2) is 0 Å². The average Bonchev–Trinajstić information content (AvgIpc) is 3.55. The number of aliphatic hydroxyl groups is 1. The number of benzene rings is 2. The van der Waals surface area contributed by atoms with Gasteiger partial charge in [0.2, 0.25) is 11.6 Å². The summed E-state index contributed by atoms with van der Waals surface area (Å²) < 4.78 is 57.9. The number of halogens is 3. The fourth-order valence-electron chi connectivity index (χ4n) is 4.41. The number of rotatable bonds is 6. The zero-order chi connectivity index (χ0) is 27.1. The van der Waals surface area contributed by atoms with Crippen LogP contribution in [0.15, 0.2) is 57.6 Å². The summed E-state index contributed by atoms with van der Waals surface area (Å²) in [7, 11) is 0. The lowest BCUT2D eigenvalue weighted by atomic mass is 9.86. The zero-order valence-electron chi connectivity index (χ0n) is 20.1. The maximum absolute atomic E-state index is 14.0. The SMILES string of the molecule is O=C(ON[C@H]1COc2cc(-c3noc(-c4onc(-c5ccccc5)c4C(F)(F)F)n3)ccc2[C@@H]1O)C1CCC1. The van der Waals surface area contributed by atoms with Gasteiger partial charge in [0.05, 0.1) is 5.92 Å². The summed E-state index contributed by atoms with van der Waals surface area (Å²) in [5.74, 6) is -1.39. The quantitative estimate of drug-likeness (QED) is 0.330. The third-order valence-electron chi connectivity index (χ3n) is 6.78. The second kappa shape index (κ2) is 9.82. The highest BCUT2D eigenvalue weighted by molar-refractivity contribution is 5.73. The third kappa shape index (κ3) is 4.74. The first-order valence-electron chi connectivity index (χ1n) is 12.2. The van der Waals surface area contributed by atoms with Gasteiger partial charge in [-0.2, -0.15) is 18.2 Å². The van der Waals surface area contributed by atoms with Crippen molar-refractivity contribution < 1.29 is 41.7 Å². The Morgan fingerprint density at radius 1 is 1.05 bits per heavy atom. The number of nitrogens with one attached hydrogen (secondary N) is 1. The molecule has 202 valence electrons. The number of carbonyl (C=O) groups excluding carboxylic acids is 1. The number of aliphatic hydroxyl groups excluding tert-OH is 1. The molecule has 2 N–H and O–H groups in total. The molecule has 6 rings (SSSR count). The van der Waals surface area contributed by atoms with Crippen LogP contribution in [0.25, 0.3) is 34.3 Å². The molecule has 2 aromatic heterocycles. The Balaban J connectivity index is 1.23. The molecule has 0 amide bonds. The van der Waals surface area contributed by atoms with Crippen molar-refractivity contribution in [2.24, 2.45) is 5.92 Å². The minimum absolute atomic E-state index is 0.00231. The molecule has 0 saturated heterocycles. The zero-order valence-corrected chi connectivity index (χ0v) is 20.1. The summed E-state index contributed by atoms with van der Waals surface area (Å²) in [4.78, 5) is 21.2. The standard InChI is InChI=1S/C26H21F3N4O6/c27-26(28,29)19-20(13-5-2-1-3-6-13)32-37-22(19)24-30-23(33-38-24)15-9-10-16-18(11-15)36-12-17(21(16)34)31-39-25(35)14-7-4-8-14/h1-3,5-6,9-11,14,17,21,31,34H,4,7-8,12H2/t17-,21-/m0/s1. The lowest BCUT2D eigenvalue weighted by Crippen LogP contribution is -2.44. The topological polar surface area (TPSA) is 133 Å². The van der Waals surface area contributed by atoms with Crippen LogP contribution in [0.4, 0.5) is 13.2 Å². The molecule has 1 aliphatic heterocycles. The van der Waals surface area contributed by atoms with Crippen LogP contribution in [-0.2, 0) is 15.8 Å². The van der Waals surface area contributed by atoms with E-state index >= 15 is 0 Å². The van der Waals surface area contributed by atoms with Crippen LogP contribution in [0.3, 0.4) is 0 Å². The van der Waals surface area contributed by atoms with E-state index in [1.54, 1.807) is 30.3 Å². The molecule has 2 aromatic carbocycles. The van der Waals surface area contributed by atoms with Gasteiger partial charge in [0, 0.05) is 16.7 Å². The van der Waals surface area contributed by atoms with Crippen LogP contribution < -0.4 is 10.2 Å². The molecule has 1 saturated carbocycles. The average molecular weight is 542 g/mol. The molecule has 1 aliphatic carbocycles. The van der Waals surface area contributed by atoms with E-state index in [4.69, 9.17) is 18.6 Å². The molecule has 0 bridgehead atoms. The molecular formula is C26H21F3N4O6. The van der Waals surface area contributed by atoms with E-state index in [0.29, 0.717) is 16.9 Å². The summed E-state index contributed by atoms with van der Waals surface area (Å²) in [5.41, 5.74) is 2.08. The second-order valence-electron chi connectivity index (χ2n) is 9.30. The summed E-state index contributed by atoms with van der Waals surface area (Å²) in [6.07, 6.45) is -3.28. The van der Waals surface area contributed by atoms with E-state index in [0.717, 1.165) is 19.3 Å². The highest BCUT2D eigenvalue weighted by Gasteiger charge is 2.43. The Labute approximate surface area is 218 Å². The highest BCUT2D eigenvalue weighted by atomic mass is 19.4. The largest absolute Gasteiger partial charge is 0.491 e. The van der Waals surface area contributed by atoms with Crippen LogP contribution in [0.1, 0.15) is 36.5 Å². The number of carbonyl (C=O) groups is 1. The van der Waals surface area contributed by atoms with Crippen LogP contribution >= 0.6 is 0 Å². The van der Waals surface area contributed by atoms with Crippen LogP contribution in [0.2, 0.25) is 0 Å². The van der Waals surface area contributed by atoms with Crippen molar-refractivity contribution in [1.82, 2.24) is 20.8 Å². The number of hydrogen-bond donors (Lipinski definition) is 2. The summed E-state index contributed by atoms with van der Waals surface area (Å²) in [5, 5.41) is 18.2. The first-order chi connectivity index (χ1) is 18.8. The third-order valence-corrected chi connectivity index (χ3v) is 6.78. The van der Waals surface area contributed by atoms with Crippen LogP contribution in [-0.4, -0.2) is 39.0 Å². The Hall–Kier alpha value is -4.23. The molecule has 0 unspecified atom stereocenters. The maximum atomic E-state index is 14.0. The van der Waals surface area contributed by atoms with Crippen molar-refractivity contribution >= 4 is 5.97 Å². The number of ether oxygens (including phenoxy) is 1. The van der Waals surface area contributed by atoms with Crippen molar-refractivity contribution in [2.75, 3.05) is 6.61 Å². The number of alkyl halides is 3. The van der Waals surface area contributed by atoms with Gasteiger partial charge in [0.15, 0.2) is 0 Å². The van der Waals surface area contributed by atoms with Crippen molar-refractivity contribution in [3.8, 4) is 40.0 Å². The van der Waals surface area contributed by atoms with E-state index in [9.17, 15) is 23.1 Å². The Bertz CT molecular complexity index is 1500. The lowest BCUT2D eigenvalue weighted by Gasteiger charge is -2.31. The fraction of sp³-hybridized carbons (Fsp3) is 0.308. The molecule has 4 aromatic rings. The van der Waals surface area contributed by atoms with E-state index in [1.165, 1.54) is 18.2 Å². The lowest BCUT2D eigenvalue weighted by molar-refractivity contribution is -0.164. The van der Waals surface area contributed by atoms with E-state index in [-0.39, 0.29) is 29.9 Å². The molecule has 2 aliphatic rings. The van der Waals surface area contributed by atoms with Crippen molar-refractivity contribution in [3.05, 3.63) is 59.7 Å². The number of aromatic nitrogens is 3. The minimum Gasteiger partial charge on any atom is -0.491 e. The number of hydrogen-bond acceptors (Lipinski definition) is 10. The van der Waals surface area contributed by atoms with Gasteiger partial charge in [0.25, 0.3) is 5.89 Å². The number of nitrogens with zero attached hydrogens (tertiary/aromatic N) is 3. The van der Waals surface area contributed by atoms with Gasteiger partial charge in [-0.1, -0.05) is 59.2 Å². The van der Waals surface area contributed by atoms with Gasteiger partial charge in [-0.05, 0) is 18.9 Å². The predicted molar refractivity (Wildman–Crippen MR) is 126 cm³/mol. The molecule has 2 atom stereocenters. The monoisotopic (exact) mass is 542 g/mol. The first kappa shape index (κ1) is 25.1. The van der Waals surface area contributed by atoms with Crippen molar-refractivity contribution in [3.63, 3.8) is 0 Å². The maximum Gasteiger partial charge on any atom is 0.422 e. The van der Waals surface area contributed by atoms with Gasteiger partial charge in [-0.15, -0.1) is 5.48 Å². The Morgan fingerprint density at radius 2 is 1.85 bits per heavy atom.